The van der Waals surface area contributed by atoms with Crippen LogP contribution in [-0.4, -0.2) is 31.1 Å². The number of halogens is 2. The van der Waals surface area contributed by atoms with Gasteiger partial charge in [0, 0.05) is 23.2 Å². The standard InChI is InChI=1S/C13H18ClIN2/c14-12-9-11(3-4-13(12)15)10-16-5-8-17-6-1-2-7-17/h3-4,9,16H,1-2,5-8,10H2. The summed E-state index contributed by atoms with van der Waals surface area (Å²) in [7, 11) is 0. The van der Waals surface area contributed by atoms with Crippen LogP contribution < -0.4 is 5.32 Å². The third kappa shape index (κ3) is 4.39. The molecule has 1 aliphatic heterocycles. The van der Waals surface area contributed by atoms with E-state index in [-0.39, 0.29) is 0 Å². The minimum absolute atomic E-state index is 0.851. The van der Waals surface area contributed by atoms with Gasteiger partial charge in [0.2, 0.25) is 0 Å². The molecule has 4 heteroatoms. The minimum Gasteiger partial charge on any atom is -0.311 e. The normalized spacial score (nSPS) is 16.6. The summed E-state index contributed by atoms with van der Waals surface area (Å²) in [6, 6.07) is 6.25. The summed E-state index contributed by atoms with van der Waals surface area (Å²) in [6.45, 7) is 5.68. The summed E-state index contributed by atoms with van der Waals surface area (Å²) in [6.07, 6.45) is 2.74. The van der Waals surface area contributed by atoms with E-state index in [1.807, 2.05) is 6.07 Å². The van der Waals surface area contributed by atoms with Crippen LogP contribution >= 0.6 is 34.2 Å². The molecule has 1 fully saturated rings. The molecule has 2 nitrogen and oxygen atoms in total. The van der Waals surface area contributed by atoms with Gasteiger partial charge < -0.3 is 10.2 Å². The van der Waals surface area contributed by atoms with E-state index in [9.17, 15) is 0 Å². The monoisotopic (exact) mass is 364 g/mol. The van der Waals surface area contributed by atoms with Crippen molar-refractivity contribution in [2.75, 3.05) is 26.2 Å². The molecule has 0 unspecified atom stereocenters. The van der Waals surface area contributed by atoms with Gasteiger partial charge >= 0.3 is 0 Å². The number of likely N-dealkylation sites (tertiary alicyclic amines) is 1. The van der Waals surface area contributed by atoms with Crippen LogP contribution in [0.2, 0.25) is 5.02 Å². The van der Waals surface area contributed by atoms with E-state index in [1.165, 1.54) is 31.5 Å². The van der Waals surface area contributed by atoms with Gasteiger partial charge in [-0.05, 0) is 66.2 Å². The van der Waals surface area contributed by atoms with Gasteiger partial charge in [0.05, 0.1) is 5.02 Å². The Balaban J connectivity index is 1.68. The highest BCUT2D eigenvalue weighted by atomic mass is 127. The van der Waals surface area contributed by atoms with Crippen LogP contribution in [-0.2, 0) is 6.54 Å². The van der Waals surface area contributed by atoms with Crippen molar-refractivity contribution in [3.05, 3.63) is 32.4 Å². The van der Waals surface area contributed by atoms with E-state index in [0.717, 1.165) is 28.2 Å². The Hall–Kier alpha value is 0.160. The molecule has 0 bridgehead atoms. The first-order chi connectivity index (χ1) is 8.25. The molecule has 2 rings (SSSR count). The van der Waals surface area contributed by atoms with Crippen LogP contribution in [0.1, 0.15) is 18.4 Å². The van der Waals surface area contributed by atoms with Crippen molar-refractivity contribution >= 4 is 34.2 Å². The lowest BCUT2D eigenvalue weighted by Gasteiger charge is -2.14. The van der Waals surface area contributed by atoms with Gasteiger partial charge in [-0.1, -0.05) is 17.7 Å². The Labute approximate surface area is 122 Å². The molecule has 1 heterocycles. The van der Waals surface area contributed by atoms with E-state index in [2.05, 4.69) is 44.9 Å². The molecule has 17 heavy (non-hydrogen) atoms. The molecule has 0 aromatic heterocycles. The maximum absolute atomic E-state index is 6.09. The second kappa shape index (κ2) is 6.92. The molecular formula is C13H18ClIN2. The summed E-state index contributed by atoms with van der Waals surface area (Å²) >= 11 is 8.34. The van der Waals surface area contributed by atoms with Gasteiger partial charge in [-0.2, -0.15) is 0 Å². The van der Waals surface area contributed by atoms with Crippen LogP contribution in [0.3, 0.4) is 0 Å². The Morgan fingerprint density at radius 1 is 1.29 bits per heavy atom. The van der Waals surface area contributed by atoms with Crippen molar-refractivity contribution in [2.45, 2.75) is 19.4 Å². The van der Waals surface area contributed by atoms with Crippen LogP contribution in [0, 0.1) is 3.57 Å². The molecule has 1 aromatic carbocycles. The molecular weight excluding hydrogens is 347 g/mol. The van der Waals surface area contributed by atoms with E-state index >= 15 is 0 Å². The van der Waals surface area contributed by atoms with Gasteiger partial charge in [0.25, 0.3) is 0 Å². The van der Waals surface area contributed by atoms with Gasteiger partial charge in [0.1, 0.15) is 0 Å². The maximum Gasteiger partial charge on any atom is 0.0542 e. The topological polar surface area (TPSA) is 15.3 Å². The Morgan fingerprint density at radius 3 is 2.76 bits per heavy atom. The molecule has 1 N–H and O–H groups in total. The second-order valence-electron chi connectivity index (χ2n) is 4.47. The van der Waals surface area contributed by atoms with Crippen molar-refractivity contribution in [1.82, 2.24) is 10.2 Å². The summed E-state index contributed by atoms with van der Waals surface area (Å²) in [5, 5.41) is 4.32. The zero-order valence-electron chi connectivity index (χ0n) is 9.88. The van der Waals surface area contributed by atoms with Crippen LogP contribution in [0.15, 0.2) is 18.2 Å². The van der Waals surface area contributed by atoms with E-state index in [4.69, 9.17) is 11.6 Å². The second-order valence-corrected chi connectivity index (χ2v) is 6.04. The average Bonchev–Trinajstić information content (AvgIpc) is 2.82. The maximum atomic E-state index is 6.09. The van der Waals surface area contributed by atoms with Gasteiger partial charge in [-0.3, -0.25) is 0 Å². The van der Waals surface area contributed by atoms with Crippen molar-refractivity contribution in [1.29, 1.82) is 0 Å². The first kappa shape index (κ1) is 13.6. The van der Waals surface area contributed by atoms with Crippen molar-refractivity contribution < 1.29 is 0 Å². The highest BCUT2D eigenvalue weighted by Gasteiger charge is 2.09. The summed E-state index contributed by atoms with van der Waals surface area (Å²) < 4.78 is 1.12. The SMILES string of the molecule is Clc1cc(CNCCN2CCCC2)ccc1I. The number of hydrogen-bond acceptors (Lipinski definition) is 2. The summed E-state index contributed by atoms with van der Waals surface area (Å²) in [5.74, 6) is 0. The average molecular weight is 365 g/mol. The molecule has 0 atom stereocenters. The highest BCUT2D eigenvalue weighted by Crippen LogP contribution is 2.19. The zero-order valence-corrected chi connectivity index (χ0v) is 12.8. The molecule has 0 radical (unpaired) electrons. The predicted octanol–water partition coefficient (Wildman–Crippen LogP) is 3.13. The molecule has 1 aromatic rings. The molecule has 94 valence electrons. The first-order valence-electron chi connectivity index (χ1n) is 6.13. The van der Waals surface area contributed by atoms with Crippen molar-refractivity contribution in [3.63, 3.8) is 0 Å². The Kier molecular flexibility index (Phi) is 5.53. The van der Waals surface area contributed by atoms with Gasteiger partial charge in [0.15, 0.2) is 0 Å². The minimum atomic E-state index is 0.851. The Morgan fingerprint density at radius 2 is 2.06 bits per heavy atom. The first-order valence-corrected chi connectivity index (χ1v) is 7.58. The lowest BCUT2D eigenvalue weighted by atomic mass is 10.2. The fourth-order valence-electron chi connectivity index (χ4n) is 2.13. The number of benzene rings is 1. The van der Waals surface area contributed by atoms with Crippen LogP contribution in [0.5, 0.6) is 0 Å². The summed E-state index contributed by atoms with van der Waals surface area (Å²) in [4.78, 5) is 2.52. The lowest BCUT2D eigenvalue weighted by Crippen LogP contribution is -2.29. The van der Waals surface area contributed by atoms with E-state index < -0.39 is 0 Å². The molecule has 0 aliphatic carbocycles. The lowest BCUT2D eigenvalue weighted by molar-refractivity contribution is 0.335. The Bertz CT molecular complexity index is 364. The van der Waals surface area contributed by atoms with E-state index in [0.29, 0.717) is 0 Å². The number of hydrogen-bond donors (Lipinski definition) is 1. The fourth-order valence-corrected chi connectivity index (χ4v) is 2.66. The molecule has 0 amide bonds. The zero-order chi connectivity index (χ0) is 12.1. The third-order valence-electron chi connectivity index (χ3n) is 3.12. The van der Waals surface area contributed by atoms with Crippen LogP contribution in [0.4, 0.5) is 0 Å². The van der Waals surface area contributed by atoms with E-state index in [1.54, 1.807) is 0 Å². The number of nitrogens with zero attached hydrogens (tertiary/aromatic N) is 1. The molecule has 1 aliphatic rings. The highest BCUT2D eigenvalue weighted by molar-refractivity contribution is 14.1. The smallest absolute Gasteiger partial charge is 0.0542 e. The van der Waals surface area contributed by atoms with Gasteiger partial charge in [-0.25, -0.2) is 0 Å². The quantitative estimate of drug-likeness (QED) is 0.638. The molecule has 1 saturated heterocycles. The van der Waals surface area contributed by atoms with Crippen LogP contribution in [0.25, 0.3) is 0 Å². The number of rotatable bonds is 5. The van der Waals surface area contributed by atoms with Crippen molar-refractivity contribution in [3.8, 4) is 0 Å². The van der Waals surface area contributed by atoms with Gasteiger partial charge in [-0.15, -0.1) is 0 Å². The fraction of sp³-hybridized carbons (Fsp3) is 0.538. The molecule has 0 spiro atoms. The molecule has 0 saturated carbocycles. The predicted molar refractivity (Wildman–Crippen MR) is 81.5 cm³/mol. The third-order valence-corrected chi connectivity index (χ3v) is 4.69. The number of nitrogens with one attached hydrogen (secondary N) is 1. The van der Waals surface area contributed by atoms with Crippen molar-refractivity contribution in [2.24, 2.45) is 0 Å². The largest absolute Gasteiger partial charge is 0.311 e. The summed E-state index contributed by atoms with van der Waals surface area (Å²) in [5.41, 5.74) is 1.26.